The fraction of sp³-hybridized carbons (Fsp3) is 0.583. The van der Waals surface area contributed by atoms with E-state index >= 15 is 0 Å². The van der Waals surface area contributed by atoms with Crippen molar-refractivity contribution < 1.29 is 8.78 Å². The van der Waals surface area contributed by atoms with E-state index in [1.54, 1.807) is 0 Å². The monoisotopic (exact) mass is 250 g/mol. The highest BCUT2D eigenvalue weighted by Crippen LogP contribution is 2.65. The molecule has 1 spiro atoms. The lowest BCUT2D eigenvalue weighted by Gasteiger charge is -2.32. The summed E-state index contributed by atoms with van der Waals surface area (Å²) >= 11 is 0. The molecule has 2 heterocycles. The highest BCUT2D eigenvalue weighted by atomic mass is 19.3. The molecule has 0 radical (unpaired) electrons. The maximum absolute atomic E-state index is 13.2. The van der Waals surface area contributed by atoms with Crippen LogP contribution in [0.1, 0.15) is 25.0 Å². The van der Waals surface area contributed by atoms with Crippen molar-refractivity contribution in [3.05, 3.63) is 18.0 Å². The van der Waals surface area contributed by atoms with E-state index in [1.807, 2.05) is 11.0 Å². The number of nitrogens with zero attached hydrogens (tertiary/aromatic N) is 4. The first-order chi connectivity index (χ1) is 8.56. The van der Waals surface area contributed by atoms with Gasteiger partial charge in [-0.3, -0.25) is 0 Å². The van der Waals surface area contributed by atoms with Crippen molar-refractivity contribution in [2.45, 2.75) is 25.2 Å². The van der Waals surface area contributed by atoms with Gasteiger partial charge in [-0.1, -0.05) is 0 Å². The Balaban J connectivity index is 1.72. The van der Waals surface area contributed by atoms with Crippen molar-refractivity contribution in [3.63, 3.8) is 0 Å². The number of hydrogen-bond acceptors (Lipinski definition) is 4. The zero-order valence-corrected chi connectivity index (χ0v) is 9.74. The van der Waals surface area contributed by atoms with Gasteiger partial charge in [-0.15, -0.1) is 0 Å². The Morgan fingerprint density at radius 2 is 2.00 bits per heavy atom. The van der Waals surface area contributed by atoms with Gasteiger partial charge in [0.1, 0.15) is 11.8 Å². The summed E-state index contributed by atoms with van der Waals surface area (Å²) in [6, 6.07) is 3.48. The highest BCUT2D eigenvalue weighted by molar-refractivity contribution is 5.35. The molecule has 18 heavy (non-hydrogen) atoms. The molecule has 2 fully saturated rings. The van der Waals surface area contributed by atoms with E-state index in [-0.39, 0.29) is 6.42 Å². The van der Waals surface area contributed by atoms with Crippen LogP contribution in [-0.2, 0) is 0 Å². The van der Waals surface area contributed by atoms with Gasteiger partial charge in [0, 0.05) is 31.1 Å². The minimum Gasteiger partial charge on any atom is -0.341 e. The molecule has 1 aliphatic heterocycles. The van der Waals surface area contributed by atoms with Crippen LogP contribution in [0, 0.1) is 16.7 Å². The second-order valence-corrected chi connectivity index (χ2v) is 5.00. The second-order valence-electron chi connectivity index (χ2n) is 5.00. The predicted molar refractivity (Wildman–Crippen MR) is 60.2 cm³/mol. The van der Waals surface area contributed by atoms with Gasteiger partial charge >= 0.3 is 0 Å². The summed E-state index contributed by atoms with van der Waals surface area (Å²) in [5, 5.41) is 8.76. The van der Waals surface area contributed by atoms with Gasteiger partial charge in [0.25, 0.3) is 5.92 Å². The molecule has 0 aromatic carbocycles. The van der Waals surface area contributed by atoms with Gasteiger partial charge in [-0.25, -0.2) is 18.7 Å². The molecule has 0 amide bonds. The second kappa shape index (κ2) is 3.61. The number of piperidine rings is 1. The highest BCUT2D eigenvalue weighted by Gasteiger charge is 2.70. The molecule has 1 aromatic heterocycles. The van der Waals surface area contributed by atoms with Crippen LogP contribution < -0.4 is 4.90 Å². The third kappa shape index (κ3) is 1.62. The summed E-state index contributed by atoms with van der Waals surface area (Å²) in [7, 11) is 0. The average Bonchev–Trinajstić information content (AvgIpc) is 2.91. The van der Waals surface area contributed by atoms with Gasteiger partial charge in [-0.05, 0) is 18.9 Å². The van der Waals surface area contributed by atoms with Crippen LogP contribution in [0.25, 0.3) is 0 Å². The van der Waals surface area contributed by atoms with E-state index in [4.69, 9.17) is 5.26 Å². The average molecular weight is 250 g/mol. The number of halogens is 2. The molecule has 1 saturated heterocycles. The lowest BCUT2D eigenvalue weighted by Crippen LogP contribution is -2.37. The van der Waals surface area contributed by atoms with Crippen LogP contribution in [0.3, 0.4) is 0 Å². The van der Waals surface area contributed by atoms with Crippen molar-refractivity contribution in [3.8, 4) is 6.07 Å². The largest absolute Gasteiger partial charge is 0.341 e. The Morgan fingerprint density at radius 3 is 2.56 bits per heavy atom. The Kier molecular flexibility index (Phi) is 2.27. The van der Waals surface area contributed by atoms with E-state index in [0.29, 0.717) is 37.6 Å². The summed E-state index contributed by atoms with van der Waals surface area (Å²) < 4.78 is 26.5. The minimum absolute atomic E-state index is 0.0208. The number of alkyl halides is 2. The van der Waals surface area contributed by atoms with Crippen LogP contribution in [0.15, 0.2) is 12.3 Å². The SMILES string of the molecule is N#Cc1ccnc(N2CCC3(CC2)CC3(F)F)n1. The van der Waals surface area contributed by atoms with Crippen LogP contribution >= 0.6 is 0 Å². The number of aromatic nitrogens is 2. The standard InChI is InChI=1S/C12H12F2N4/c13-12(14)8-11(12)2-5-18(6-3-11)10-16-4-1-9(7-15)17-10/h1,4H,2-3,5-6,8H2. The van der Waals surface area contributed by atoms with Gasteiger partial charge in [-0.2, -0.15) is 5.26 Å². The Labute approximate surface area is 103 Å². The third-order valence-corrected chi connectivity index (χ3v) is 3.97. The number of anilines is 1. The maximum atomic E-state index is 13.2. The molecule has 0 bridgehead atoms. The molecule has 0 atom stereocenters. The third-order valence-electron chi connectivity index (χ3n) is 3.97. The van der Waals surface area contributed by atoms with Crippen molar-refractivity contribution >= 4 is 5.95 Å². The smallest absolute Gasteiger partial charge is 0.254 e. The van der Waals surface area contributed by atoms with Gasteiger partial charge in [0.2, 0.25) is 5.95 Å². The molecular weight excluding hydrogens is 238 g/mol. The molecule has 1 aromatic rings. The molecule has 1 aliphatic carbocycles. The van der Waals surface area contributed by atoms with E-state index in [2.05, 4.69) is 9.97 Å². The normalized spacial score (nSPS) is 23.7. The molecule has 1 saturated carbocycles. The first kappa shape index (κ1) is 11.3. The zero-order valence-electron chi connectivity index (χ0n) is 9.74. The molecule has 6 heteroatoms. The van der Waals surface area contributed by atoms with E-state index in [0.717, 1.165) is 0 Å². The maximum Gasteiger partial charge on any atom is 0.254 e. The summed E-state index contributed by atoms with van der Waals surface area (Å²) in [5.41, 5.74) is -0.465. The number of hydrogen-bond donors (Lipinski definition) is 0. The van der Waals surface area contributed by atoms with E-state index in [9.17, 15) is 8.78 Å². The van der Waals surface area contributed by atoms with Crippen LogP contribution in [0.5, 0.6) is 0 Å². The topological polar surface area (TPSA) is 52.8 Å². The predicted octanol–water partition coefficient (Wildman–Crippen LogP) is 1.97. The van der Waals surface area contributed by atoms with E-state index < -0.39 is 11.3 Å². The summed E-state index contributed by atoms with van der Waals surface area (Å²) in [6.07, 6.45) is 2.49. The van der Waals surface area contributed by atoms with E-state index in [1.165, 1.54) is 12.3 Å². The first-order valence-electron chi connectivity index (χ1n) is 5.92. The number of rotatable bonds is 1. The summed E-state index contributed by atoms with van der Waals surface area (Å²) in [4.78, 5) is 10.1. The van der Waals surface area contributed by atoms with Gasteiger partial charge < -0.3 is 4.90 Å². The number of nitriles is 1. The summed E-state index contributed by atoms with van der Waals surface area (Å²) in [5.74, 6) is -2.01. The van der Waals surface area contributed by atoms with Crippen LogP contribution in [0.4, 0.5) is 14.7 Å². The molecule has 2 aliphatic rings. The van der Waals surface area contributed by atoms with Crippen molar-refractivity contribution in [2.24, 2.45) is 5.41 Å². The lowest BCUT2D eigenvalue weighted by atomic mass is 9.93. The summed E-state index contributed by atoms with van der Waals surface area (Å²) in [6.45, 7) is 1.06. The molecule has 3 rings (SSSR count). The molecule has 94 valence electrons. The van der Waals surface area contributed by atoms with Crippen molar-refractivity contribution in [2.75, 3.05) is 18.0 Å². The van der Waals surface area contributed by atoms with Crippen molar-refractivity contribution in [1.82, 2.24) is 9.97 Å². The van der Waals surface area contributed by atoms with Crippen LogP contribution in [0.2, 0.25) is 0 Å². The van der Waals surface area contributed by atoms with Gasteiger partial charge in [0.15, 0.2) is 0 Å². The minimum atomic E-state index is -2.48. The lowest BCUT2D eigenvalue weighted by molar-refractivity contribution is 0.0536. The Hall–Kier alpha value is -1.77. The Morgan fingerprint density at radius 1 is 1.33 bits per heavy atom. The van der Waals surface area contributed by atoms with Crippen LogP contribution in [-0.4, -0.2) is 29.0 Å². The quantitative estimate of drug-likeness (QED) is 0.764. The fourth-order valence-corrected chi connectivity index (χ4v) is 2.62. The van der Waals surface area contributed by atoms with Gasteiger partial charge in [0.05, 0.1) is 0 Å². The molecule has 0 N–H and O–H groups in total. The fourth-order valence-electron chi connectivity index (χ4n) is 2.62. The molecular formula is C12H12F2N4. The Bertz CT molecular complexity index is 515. The first-order valence-corrected chi connectivity index (χ1v) is 5.92. The zero-order chi connectivity index (χ0) is 12.8. The molecule has 0 unspecified atom stereocenters. The van der Waals surface area contributed by atoms with Crippen molar-refractivity contribution in [1.29, 1.82) is 5.26 Å². The molecule has 4 nitrogen and oxygen atoms in total.